The number of carboxylic acids is 2. The van der Waals surface area contributed by atoms with Crippen molar-refractivity contribution in [1.29, 1.82) is 0 Å². The Morgan fingerprint density at radius 1 is 1.19 bits per heavy atom. The van der Waals surface area contributed by atoms with Crippen molar-refractivity contribution in [3.63, 3.8) is 0 Å². The number of hydrogen-bond acceptors (Lipinski definition) is 4. The van der Waals surface area contributed by atoms with Crippen LogP contribution in [0.5, 0.6) is 0 Å². The summed E-state index contributed by atoms with van der Waals surface area (Å²) in [6.07, 6.45) is -1.15. The number of alkyl carbamates (subject to hydrolysis) is 1. The maximum Gasteiger partial charge on any atom is 0.408 e. The standard InChI is InChI=1S/C14H21NO6/c1-5-6-7-9(11(16)17)8-10(12(18)19)15-13(20)21-14(2,3)4/h9-10H,7-8H2,1-4H3,(H,15,20)(H,16,17)(H,18,19)/t9-,10+/m1/s1. The number of hydrogen-bond donors (Lipinski definition) is 3. The van der Waals surface area contributed by atoms with Gasteiger partial charge in [-0.25, -0.2) is 9.59 Å². The molecule has 0 unspecified atom stereocenters. The largest absolute Gasteiger partial charge is 0.481 e. The zero-order chi connectivity index (χ0) is 16.6. The number of nitrogens with one attached hydrogen (secondary N) is 1. The molecule has 3 N–H and O–H groups in total. The van der Waals surface area contributed by atoms with E-state index in [-0.39, 0.29) is 12.8 Å². The molecule has 0 aliphatic carbocycles. The first kappa shape index (κ1) is 18.8. The topological polar surface area (TPSA) is 113 Å². The first-order valence-corrected chi connectivity index (χ1v) is 6.41. The fraction of sp³-hybridized carbons (Fsp3) is 0.643. The van der Waals surface area contributed by atoms with E-state index in [1.165, 1.54) is 0 Å². The zero-order valence-corrected chi connectivity index (χ0v) is 12.6. The van der Waals surface area contributed by atoms with Gasteiger partial charge >= 0.3 is 18.0 Å². The smallest absolute Gasteiger partial charge is 0.408 e. The number of aliphatic carboxylic acids is 2. The molecule has 0 aromatic carbocycles. The van der Waals surface area contributed by atoms with E-state index in [2.05, 4.69) is 17.2 Å². The van der Waals surface area contributed by atoms with Gasteiger partial charge in [0, 0.05) is 6.42 Å². The van der Waals surface area contributed by atoms with Crippen molar-refractivity contribution >= 4 is 18.0 Å². The van der Waals surface area contributed by atoms with Crippen molar-refractivity contribution in [2.45, 2.75) is 52.2 Å². The maximum absolute atomic E-state index is 11.6. The molecular weight excluding hydrogens is 278 g/mol. The minimum Gasteiger partial charge on any atom is -0.481 e. The number of carbonyl (C=O) groups is 3. The van der Waals surface area contributed by atoms with E-state index < -0.39 is 35.6 Å². The van der Waals surface area contributed by atoms with E-state index in [1.807, 2.05) is 0 Å². The SMILES string of the molecule is CC#CC[C@H](C[C@H](NC(=O)OC(C)(C)C)C(=O)O)C(=O)O. The second-order valence-electron chi connectivity index (χ2n) is 5.44. The molecule has 0 heterocycles. The molecule has 7 nitrogen and oxygen atoms in total. The van der Waals surface area contributed by atoms with Crippen molar-refractivity contribution in [1.82, 2.24) is 5.32 Å². The highest BCUT2D eigenvalue weighted by atomic mass is 16.6. The Labute approximate surface area is 123 Å². The molecule has 0 saturated carbocycles. The predicted molar refractivity (Wildman–Crippen MR) is 74.6 cm³/mol. The number of carboxylic acid groups (broad SMARTS) is 2. The third kappa shape index (κ3) is 8.52. The minimum atomic E-state index is -1.35. The van der Waals surface area contributed by atoms with Gasteiger partial charge in [0.2, 0.25) is 0 Å². The number of ether oxygens (including phenoxy) is 1. The lowest BCUT2D eigenvalue weighted by Crippen LogP contribution is -2.45. The second kappa shape index (κ2) is 8.15. The van der Waals surface area contributed by atoms with Gasteiger partial charge < -0.3 is 20.3 Å². The molecular formula is C14H21NO6. The van der Waals surface area contributed by atoms with Crippen molar-refractivity contribution in [2.75, 3.05) is 0 Å². The van der Waals surface area contributed by atoms with Gasteiger partial charge in [-0.05, 0) is 34.1 Å². The van der Waals surface area contributed by atoms with E-state index in [0.29, 0.717) is 0 Å². The van der Waals surface area contributed by atoms with Crippen LogP contribution in [0.1, 0.15) is 40.5 Å². The van der Waals surface area contributed by atoms with Gasteiger partial charge in [0.1, 0.15) is 11.6 Å². The highest BCUT2D eigenvalue weighted by Gasteiger charge is 2.29. The average Bonchev–Trinajstić information content (AvgIpc) is 2.29. The van der Waals surface area contributed by atoms with Crippen LogP contribution in [0, 0.1) is 17.8 Å². The van der Waals surface area contributed by atoms with E-state index >= 15 is 0 Å². The molecule has 0 aliphatic heterocycles. The fourth-order valence-electron chi connectivity index (χ4n) is 1.45. The summed E-state index contributed by atoms with van der Waals surface area (Å²) in [5.41, 5.74) is -0.771. The van der Waals surface area contributed by atoms with Gasteiger partial charge in [-0.1, -0.05) is 0 Å². The van der Waals surface area contributed by atoms with Crippen LogP contribution in [0.25, 0.3) is 0 Å². The predicted octanol–water partition coefficient (Wildman–Crippen LogP) is 1.47. The molecule has 0 rings (SSSR count). The monoisotopic (exact) mass is 299 g/mol. The van der Waals surface area contributed by atoms with Gasteiger partial charge in [-0.15, -0.1) is 11.8 Å². The highest BCUT2D eigenvalue weighted by molar-refractivity contribution is 5.81. The molecule has 118 valence electrons. The summed E-state index contributed by atoms with van der Waals surface area (Å²) < 4.78 is 4.95. The number of carbonyl (C=O) groups excluding carboxylic acids is 1. The summed E-state index contributed by atoms with van der Waals surface area (Å²) in [6.45, 7) is 6.48. The average molecular weight is 299 g/mol. The third-order valence-corrected chi connectivity index (χ3v) is 2.38. The summed E-state index contributed by atoms with van der Waals surface area (Å²) in [7, 11) is 0. The fourth-order valence-corrected chi connectivity index (χ4v) is 1.45. The van der Waals surface area contributed by atoms with Crippen molar-refractivity contribution in [2.24, 2.45) is 5.92 Å². The van der Waals surface area contributed by atoms with Crippen LogP contribution in [-0.2, 0) is 14.3 Å². The maximum atomic E-state index is 11.6. The van der Waals surface area contributed by atoms with Gasteiger partial charge in [0.05, 0.1) is 5.92 Å². The first-order valence-electron chi connectivity index (χ1n) is 6.41. The van der Waals surface area contributed by atoms with Gasteiger partial charge in [-0.2, -0.15) is 0 Å². The van der Waals surface area contributed by atoms with Crippen molar-refractivity contribution in [3.05, 3.63) is 0 Å². The van der Waals surface area contributed by atoms with Crippen LogP contribution in [0.15, 0.2) is 0 Å². The lowest BCUT2D eigenvalue weighted by atomic mass is 9.97. The molecule has 0 radical (unpaired) electrons. The Balaban J connectivity index is 4.80. The first-order chi connectivity index (χ1) is 9.56. The van der Waals surface area contributed by atoms with Gasteiger partial charge in [0.25, 0.3) is 0 Å². The van der Waals surface area contributed by atoms with Crippen molar-refractivity contribution in [3.8, 4) is 11.8 Å². The minimum absolute atomic E-state index is 0.0195. The van der Waals surface area contributed by atoms with E-state index in [1.54, 1.807) is 27.7 Å². The second-order valence-corrected chi connectivity index (χ2v) is 5.44. The Morgan fingerprint density at radius 3 is 2.14 bits per heavy atom. The van der Waals surface area contributed by atoms with Crippen LogP contribution in [0.3, 0.4) is 0 Å². The van der Waals surface area contributed by atoms with Gasteiger partial charge in [-0.3, -0.25) is 4.79 Å². The van der Waals surface area contributed by atoms with Crippen molar-refractivity contribution < 1.29 is 29.3 Å². The normalized spacial score (nSPS) is 13.3. The lowest BCUT2D eigenvalue weighted by Gasteiger charge is -2.23. The molecule has 1 amide bonds. The quantitative estimate of drug-likeness (QED) is 0.640. The molecule has 21 heavy (non-hydrogen) atoms. The number of rotatable bonds is 6. The molecule has 0 aliphatic rings. The van der Waals surface area contributed by atoms with Crippen LogP contribution in [0.4, 0.5) is 4.79 Å². The number of amides is 1. The summed E-state index contributed by atoms with van der Waals surface area (Å²) in [4.78, 5) is 33.8. The molecule has 0 fully saturated rings. The Morgan fingerprint density at radius 2 is 1.76 bits per heavy atom. The summed E-state index contributed by atoms with van der Waals surface area (Å²) in [5, 5.41) is 20.3. The summed E-state index contributed by atoms with van der Waals surface area (Å²) in [6, 6.07) is -1.35. The van der Waals surface area contributed by atoms with E-state index in [9.17, 15) is 14.4 Å². The molecule has 0 saturated heterocycles. The molecule has 2 atom stereocenters. The molecule has 0 aromatic heterocycles. The molecule has 0 aromatic rings. The summed E-state index contributed by atoms with van der Waals surface area (Å²) >= 11 is 0. The van der Waals surface area contributed by atoms with Gasteiger partial charge in [0.15, 0.2) is 0 Å². The highest BCUT2D eigenvalue weighted by Crippen LogP contribution is 2.13. The van der Waals surface area contributed by atoms with Crippen LogP contribution in [-0.4, -0.2) is 39.9 Å². The molecule has 0 bridgehead atoms. The van der Waals surface area contributed by atoms with Crippen LogP contribution >= 0.6 is 0 Å². The molecule has 0 spiro atoms. The Hall–Kier alpha value is -2.23. The summed E-state index contributed by atoms with van der Waals surface area (Å²) in [5.74, 6) is 1.69. The van der Waals surface area contributed by atoms with E-state index in [4.69, 9.17) is 14.9 Å². The van der Waals surface area contributed by atoms with E-state index in [0.717, 1.165) is 0 Å². The third-order valence-electron chi connectivity index (χ3n) is 2.38. The van der Waals surface area contributed by atoms with Crippen LogP contribution < -0.4 is 5.32 Å². The Bertz CT molecular complexity index is 454. The lowest BCUT2D eigenvalue weighted by molar-refractivity contribution is -0.144. The van der Waals surface area contributed by atoms with Crippen LogP contribution in [0.2, 0.25) is 0 Å². The molecule has 7 heteroatoms. The Kier molecular flexibility index (Phi) is 7.28. The zero-order valence-electron chi connectivity index (χ0n) is 12.6.